The Morgan fingerprint density at radius 1 is 1.42 bits per heavy atom. The number of aliphatic hydroxyl groups excluding tert-OH is 1. The van der Waals surface area contributed by atoms with Gasteiger partial charge in [-0.1, -0.05) is 6.92 Å². The van der Waals surface area contributed by atoms with E-state index < -0.39 is 6.29 Å². The minimum absolute atomic E-state index is 0.271. The van der Waals surface area contributed by atoms with Crippen molar-refractivity contribution < 1.29 is 9.84 Å². The second-order valence-electron chi connectivity index (χ2n) is 3.89. The van der Waals surface area contributed by atoms with Crippen LogP contribution in [0, 0.1) is 0 Å². The molecule has 3 nitrogen and oxygen atoms in total. The minimum atomic E-state index is -0.698. The van der Waals surface area contributed by atoms with E-state index in [1.165, 1.54) is 0 Å². The standard InChI is InChI=1S/C9H21NO2/c1-5-6-10-7-8(11)12-9(2,3)4/h8,10-11H,5-7H2,1-4H3. The summed E-state index contributed by atoms with van der Waals surface area (Å²) >= 11 is 0. The zero-order chi connectivity index (χ0) is 9.61. The molecule has 0 saturated carbocycles. The number of hydrogen-bond donors (Lipinski definition) is 2. The Kier molecular flexibility index (Phi) is 5.46. The molecule has 0 fully saturated rings. The molecule has 2 N–H and O–H groups in total. The Hall–Kier alpha value is -0.120. The maximum atomic E-state index is 9.33. The van der Waals surface area contributed by atoms with Gasteiger partial charge in [0.15, 0.2) is 6.29 Å². The predicted molar refractivity (Wildman–Crippen MR) is 50.0 cm³/mol. The molecule has 0 radical (unpaired) electrons. The van der Waals surface area contributed by atoms with Crippen molar-refractivity contribution in [2.75, 3.05) is 13.1 Å². The Balaban J connectivity index is 3.40. The van der Waals surface area contributed by atoms with E-state index in [9.17, 15) is 5.11 Å². The summed E-state index contributed by atoms with van der Waals surface area (Å²) in [5.74, 6) is 0. The number of ether oxygens (including phenoxy) is 1. The van der Waals surface area contributed by atoms with Gasteiger partial charge in [-0.25, -0.2) is 0 Å². The van der Waals surface area contributed by atoms with Crippen LogP contribution >= 0.6 is 0 Å². The van der Waals surface area contributed by atoms with Crippen molar-refractivity contribution in [1.29, 1.82) is 0 Å². The summed E-state index contributed by atoms with van der Waals surface area (Å²) in [6.07, 6.45) is 0.374. The van der Waals surface area contributed by atoms with Crippen LogP contribution in [-0.4, -0.2) is 30.1 Å². The van der Waals surface area contributed by atoms with Gasteiger partial charge < -0.3 is 15.2 Å². The topological polar surface area (TPSA) is 41.5 Å². The number of aliphatic hydroxyl groups is 1. The van der Waals surface area contributed by atoms with E-state index in [1.54, 1.807) is 0 Å². The van der Waals surface area contributed by atoms with Crippen LogP contribution < -0.4 is 5.32 Å². The summed E-state index contributed by atoms with van der Waals surface area (Å²) in [5.41, 5.74) is -0.271. The molecule has 0 amide bonds. The van der Waals surface area contributed by atoms with Crippen LogP contribution in [0.15, 0.2) is 0 Å². The van der Waals surface area contributed by atoms with E-state index in [1.807, 2.05) is 20.8 Å². The molecular formula is C9H21NO2. The highest BCUT2D eigenvalue weighted by atomic mass is 16.6. The van der Waals surface area contributed by atoms with Crippen molar-refractivity contribution >= 4 is 0 Å². The molecule has 0 spiro atoms. The van der Waals surface area contributed by atoms with Crippen LogP contribution in [0.4, 0.5) is 0 Å². The minimum Gasteiger partial charge on any atom is -0.367 e. The van der Waals surface area contributed by atoms with Gasteiger partial charge in [-0.2, -0.15) is 0 Å². The SMILES string of the molecule is CCCNCC(O)OC(C)(C)C. The molecule has 0 aliphatic heterocycles. The number of rotatable bonds is 5. The fraction of sp³-hybridized carbons (Fsp3) is 1.00. The first kappa shape index (κ1) is 11.9. The lowest BCUT2D eigenvalue weighted by molar-refractivity contribution is -0.162. The highest BCUT2D eigenvalue weighted by Crippen LogP contribution is 2.08. The lowest BCUT2D eigenvalue weighted by atomic mass is 10.2. The molecule has 0 bridgehead atoms. The van der Waals surface area contributed by atoms with E-state index in [0.29, 0.717) is 6.54 Å². The van der Waals surface area contributed by atoms with E-state index >= 15 is 0 Å². The van der Waals surface area contributed by atoms with Crippen molar-refractivity contribution in [3.63, 3.8) is 0 Å². The molecule has 0 aromatic carbocycles. The molecule has 0 aliphatic carbocycles. The highest BCUT2D eigenvalue weighted by Gasteiger charge is 2.15. The van der Waals surface area contributed by atoms with Gasteiger partial charge in [-0.05, 0) is 33.7 Å². The molecule has 0 aromatic heterocycles. The summed E-state index contributed by atoms with van der Waals surface area (Å²) in [7, 11) is 0. The lowest BCUT2D eigenvalue weighted by Crippen LogP contribution is -2.35. The third-order valence-electron chi connectivity index (χ3n) is 1.24. The average Bonchev–Trinajstić information content (AvgIpc) is 1.84. The molecule has 0 rings (SSSR count). The molecule has 3 heteroatoms. The summed E-state index contributed by atoms with van der Waals surface area (Å²) in [4.78, 5) is 0. The predicted octanol–water partition coefficient (Wildman–Crippen LogP) is 1.12. The summed E-state index contributed by atoms with van der Waals surface area (Å²) in [6.45, 7) is 9.29. The van der Waals surface area contributed by atoms with Crippen molar-refractivity contribution in [3.05, 3.63) is 0 Å². The van der Waals surface area contributed by atoms with Crippen molar-refractivity contribution in [3.8, 4) is 0 Å². The number of hydrogen-bond acceptors (Lipinski definition) is 3. The summed E-state index contributed by atoms with van der Waals surface area (Å²) in [5, 5.41) is 12.4. The summed E-state index contributed by atoms with van der Waals surface area (Å²) < 4.78 is 5.28. The smallest absolute Gasteiger partial charge is 0.167 e. The van der Waals surface area contributed by atoms with Crippen LogP contribution in [0.25, 0.3) is 0 Å². The second-order valence-corrected chi connectivity index (χ2v) is 3.89. The molecule has 1 unspecified atom stereocenters. The van der Waals surface area contributed by atoms with Crippen LogP contribution in [0.3, 0.4) is 0 Å². The van der Waals surface area contributed by atoms with Gasteiger partial charge in [-0.3, -0.25) is 0 Å². The normalized spacial score (nSPS) is 14.8. The number of nitrogens with one attached hydrogen (secondary N) is 1. The Bertz CT molecular complexity index is 110. The molecule has 0 heterocycles. The fourth-order valence-corrected chi connectivity index (χ4v) is 0.852. The van der Waals surface area contributed by atoms with Gasteiger partial charge in [0.2, 0.25) is 0 Å². The Morgan fingerprint density at radius 3 is 2.42 bits per heavy atom. The van der Waals surface area contributed by atoms with Crippen molar-refractivity contribution in [1.82, 2.24) is 5.32 Å². The average molecular weight is 175 g/mol. The second kappa shape index (κ2) is 5.51. The van der Waals surface area contributed by atoms with Gasteiger partial charge in [0.05, 0.1) is 5.60 Å². The molecule has 0 aromatic rings. The molecule has 74 valence electrons. The zero-order valence-corrected chi connectivity index (χ0v) is 8.55. The molecule has 1 atom stereocenters. The van der Waals surface area contributed by atoms with Gasteiger partial charge in [0, 0.05) is 6.54 Å². The molecule has 0 saturated heterocycles. The monoisotopic (exact) mass is 175 g/mol. The van der Waals surface area contributed by atoms with Crippen molar-refractivity contribution in [2.24, 2.45) is 0 Å². The van der Waals surface area contributed by atoms with Crippen LogP contribution in [0.5, 0.6) is 0 Å². The maximum absolute atomic E-state index is 9.33. The summed E-state index contributed by atoms with van der Waals surface area (Å²) in [6, 6.07) is 0. The molecule has 0 aliphatic rings. The third-order valence-corrected chi connectivity index (χ3v) is 1.24. The largest absolute Gasteiger partial charge is 0.367 e. The van der Waals surface area contributed by atoms with Gasteiger partial charge >= 0.3 is 0 Å². The lowest BCUT2D eigenvalue weighted by Gasteiger charge is -2.24. The van der Waals surface area contributed by atoms with Crippen LogP contribution in [-0.2, 0) is 4.74 Å². The molecule has 12 heavy (non-hydrogen) atoms. The zero-order valence-electron chi connectivity index (χ0n) is 8.55. The van der Waals surface area contributed by atoms with Crippen LogP contribution in [0.2, 0.25) is 0 Å². The Morgan fingerprint density at radius 2 is 2.00 bits per heavy atom. The van der Waals surface area contributed by atoms with Gasteiger partial charge in [-0.15, -0.1) is 0 Å². The van der Waals surface area contributed by atoms with Crippen molar-refractivity contribution in [2.45, 2.75) is 46.0 Å². The maximum Gasteiger partial charge on any atom is 0.167 e. The fourth-order valence-electron chi connectivity index (χ4n) is 0.852. The third kappa shape index (κ3) is 7.98. The van der Waals surface area contributed by atoms with Gasteiger partial charge in [0.1, 0.15) is 0 Å². The first-order valence-corrected chi connectivity index (χ1v) is 4.52. The first-order valence-electron chi connectivity index (χ1n) is 4.52. The van der Waals surface area contributed by atoms with Gasteiger partial charge in [0.25, 0.3) is 0 Å². The Labute approximate surface area is 75.1 Å². The van der Waals surface area contributed by atoms with E-state index in [4.69, 9.17) is 4.74 Å². The van der Waals surface area contributed by atoms with E-state index in [2.05, 4.69) is 12.2 Å². The molecular weight excluding hydrogens is 154 g/mol. The quantitative estimate of drug-likeness (QED) is 0.486. The van der Waals surface area contributed by atoms with Crippen LogP contribution in [0.1, 0.15) is 34.1 Å². The van der Waals surface area contributed by atoms with E-state index in [0.717, 1.165) is 13.0 Å². The first-order chi connectivity index (χ1) is 5.45. The van der Waals surface area contributed by atoms with E-state index in [-0.39, 0.29) is 5.60 Å². The highest BCUT2D eigenvalue weighted by molar-refractivity contribution is 4.61.